The van der Waals surface area contributed by atoms with Crippen LogP contribution in [0, 0.1) is 0 Å². The summed E-state index contributed by atoms with van der Waals surface area (Å²) in [5.74, 6) is 0.304. The normalized spacial score (nSPS) is 24.1. The van der Waals surface area contributed by atoms with Crippen LogP contribution in [0.4, 0.5) is 0 Å². The predicted molar refractivity (Wildman–Crippen MR) is 116 cm³/mol. The quantitative estimate of drug-likeness (QED) is 0.498. The number of aliphatic hydroxyl groups is 3. The second-order valence-electron chi connectivity index (χ2n) is 7.39. The van der Waals surface area contributed by atoms with Gasteiger partial charge in [-0.1, -0.05) is 24.8 Å². The summed E-state index contributed by atoms with van der Waals surface area (Å²) in [7, 11) is 1.51. The lowest BCUT2D eigenvalue weighted by Crippen LogP contribution is -2.44. The van der Waals surface area contributed by atoms with Crippen molar-refractivity contribution in [1.29, 1.82) is 0 Å². The fourth-order valence-corrected chi connectivity index (χ4v) is 4.86. The smallest absolute Gasteiger partial charge is 0.130 e. The molecule has 7 heteroatoms. The fraction of sp³-hybridized carbons (Fsp3) is 0.304. The van der Waals surface area contributed by atoms with Crippen molar-refractivity contribution in [2.75, 3.05) is 13.7 Å². The molecule has 0 amide bonds. The number of hydrogen-bond donors (Lipinski definition) is 4. The lowest BCUT2D eigenvalue weighted by atomic mass is 9.90. The van der Waals surface area contributed by atoms with Crippen molar-refractivity contribution >= 4 is 27.0 Å². The third-order valence-corrected chi connectivity index (χ3v) is 6.63. The van der Waals surface area contributed by atoms with E-state index in [0.717, 1.165) is 15.0 Å². The maximum atomic E-state index is 10.6. The lowest BCUT2D eigenvalue weighted by Gasteiger charge is -2.37. The van der Waals surface area contributed by atoms with Gasteiger partial charge >= 0.3 is 0 Å². The van der Waals surface area contributed by atoms with Gasteiger partial charge in [-0.05, 0) is 29.2 Å². The minimum absolute atomic E-state index is 0.117. The molecule has 2 aromatic carbocycles. The van der Waals surface area contributed by atoms with Gasteiger partial charge in [0.15, 0.2) is 0 Å². The molecule has 0 bridgehead atoms. The molecule has 4 N–H and O–H groups in total. The van der Waals surface area contributed by atoms with Crippen LogP contribution in [0.25, 0.3) is 15.7 Å². The Morgan fingerprint density at radius 3 is 2.70 bits per heavy atom. The molecule has 4 rings (SSSR count). The van der Waals surface area contributed by atoms with Crippen molar-refractivity contribution in [2.45, 2.75) is 30.8 Å². The first kappa shape index (κ1) is 20.8. The molecule has 0 spiro atoms. The molecule has 0 unspecified atom stereocenters. The first-order valence-corrected chi connectivity index (χ1v) is 10.5. The average molecular weight is 429 g/mol. The van der Waals surface area contributed by atoms with Crippen molar-refractivity contribution in [3.05, 3.63) is 65.0 Å². The standard InChI is InChI=1S/C23H24O6S/c1-12(21-7-13-5-3-4-6-20(13)30-21)15-9-16(17(25)10-19(15)28-2)23-22(27)18(26)8-14(11-24)29-23/h3-7,9-10,14,18,22-27H,1,8,11H2,2H3/t14-,18-,22+,23-/m0/s1. The summed E-state index contributed by atoms with van der Waals surface area (Å²) in [5, 5.41) is 41.8. The minimum Gasteiger partial charge on any atom is -0.507 e. The summed E-state index contributed by atoms with van der Waals surface area (Å²) < 4.78 is 12.4. The Morgan fingerprint density at radius 1 is 1.23 bits per heavy atom. The molecule has 4 atom stereocenters. The van der Waals surface area contributed by atoms with Gasteiger partial charge in [0, 0.05) is 33.2 Å². The first-order chi connectivity index (χ1) is 14.4. The number of aliphatic hydroxyl groups excluding tert-OH is 3. The summed E-state index contributed by atoms with van der Waals surface area (Å²) in [4.78, 5) is 0.949. The zero-order chi connectivity index (χ0) is 21.4. The van der Waals surface area contributed by atoms with Gasteiger partial charge in [-0.2, -0.15) is 0 Å². The van der Waals surface area contributed by atoms with E-state index in [4.69, 9.17) is 9.47 Å². The van der Waals surface area contributed by atoms with E-state index < -0.39 is 24.4 Å². The third kappa shape index (κ3) is 3.71. The van der Waals surface area contributed by atoms with Crippen LogP contribution in [-0.2, 0) is 4.74 Å². The minimum atomic E-state index is -1.24. The van der Waals surface area contributed by atoms with E-state index in [9.17, 15) is 20.4 Å². The molecule has 1 aliphatic heterocycles. The van der Waals surface area contributed by atoms with E-state index >= 15 is 0 Å². The Hall–Kier alpha value is -2.42. The fourth-order valence-electron chi connectivity index (χ4n) is 3.81. The highest BCUT2D eigenvalue weighted by Gasteiger charge is 2.39. The summed E-state index contributed by atoms with van der Waals surface area (Å²) in [6.07, 6.45) is -3.82. The van der Waals surface area contributed by atoms with E-state index in [1.54, 1.807) is 17.4 Å². The Morgan fingerprint density at radius 2 is 2.00 bits per heavy atom. The molecule has 1 aromatic heterocycles. The molecule has 0 saturated carbocycles. The molecule has 1 fully saturated rings. The van der Waals surface area contributed by atoms with E-state index in [1.807, 2.05) is 30.3 Å². The highest BCUT2D eigenvalue weighted by Crippen LogP contribution is 2.43. The topological polar surface area (TPSA) is 99.4 Å². The molecular weight excluding hydrogens is 404 g/mol. The summed E-state index contributed by atoms with van der Waals surface area (Å²) in [6.45, 7) is 3.94. The van der Waals surface area contributed by atoms with Gasteiger partial charge < -0.3 is 29.9 Å². The van der Waals surface area contributed by atoms with Gasteiger partial charge in [-0.25, -0.2) is 0 Å². The summed E-state index contributed by atoms with van der Waals surface area (Å²) in [6, 6.07) is 13.2. The predicted octanol–water partition coefficient (Wildman–Crippen LogP) is 3.22. The van der Waals surface area contributed by atoms with Gasteiger partial charge in [0.25, 0.3) is 0 Å². The van der Waals surface area contributed by atoms with Gasteiger partial charge in [0.2, 0.25) is 0 Å². The molecule has 158 valence electrons. The monoisotopic (exact) mass is 428 g/mol. The lowest BCUT2D eigenvalue weighted by molar-refractivity contribution is -0.180. The Kier molecular flexibility index (Phi) is 5.81. The SMILES string of the molecule is C=C(c1cc2ccccc2s1)c1cc([C@@H]2O[C@H](CO)C[C@H](O)[C@H]2O)c(O)cc1OC. The number of benzene rings is 2. The van der Waals surface area contributed by atoms with E-state index in [2.05, 4.69) is 6.58 Å². The molecule has 0 radical (unpaired) electrons. The van der Waals surface area contributed by atoms with Crippen molar-refractivity contribution in [3.63, 3.8) is 0 Å². The van der Waals surface area contributed by atoms with Crippen LogP contribution in [0.15, 0.2) is 49.0 Å². The van der Waals surface area contributed by atoms with E-state index in [1.165, 1.54) is 13.2 Å². The summed E-state index contributed by atoms with van der Waals surface area (Å²) in [5.41, 5.74) is 1.66. The van der Waals surface area contributed by atoms with Crippen molar-refractivity contribution in [1.82, 2.24) is 0 Å². The van der Waals surface area contributed by atoms with Crippen LogP contribution in [0.1, 0.15) is 28.5 Å². The van der Waals surface area contributed by atoms with Crippen LogP contribution in [-0.4, -0.2) is 52.5 Å². The largest absolute Gasteiger partial charge is 0.507 e. The maximum Gasteiger partial charge on any atom is 0.130 e. The second-order valence-corrected chi connectivity index (χ2v) is 8.48. The van der Waals surface area contributed by atoms with Gasteiger partial charge in [0.05, 0.1) is 25.9 Å². The zero-order valence-corrected chi connectivity index (χ0v) is 17.3. The van der Waals surface area contributed by atoms with Crippen LogP contribution < -0.4 is 4.74 Å². The highest BCUT2D eigenvalue weighted by molar-refractivity contribution is 7.20. The Bertz CT molecular complexity index is 1040. The molecular formula is C23H24O6S. The van der Waals surface area contributed by atoms with Gasteiger partial charge in [-0.15, -0.1) is 11.3 Å². The third-order valence-electron chi connectivity index (χ3n) is 5.45. The second kappa shape index (κ2) is 8.37. The molecule has 30 heavy (non-hydrogen) atoms. The van der Waals surface area contributed by atoms with Gasteiger partial charge in [-0.3, -0.25) is 0 Å². The van der Waals surface area contributed by atoms with Crippen molar-refractivity contribution in [3.8, 4) is 11.5 Å². The van der Waals surface area contributed by atoms with Crippen molar-refractivity contribution in [2.24, 2.45) is 0 Å². The van der Waals surface area contributed by atoms with Crippen LogP contribution in [0.3, 0.4) is 0 Å². The number of thiophene rings is 1. The average Bonchev–Trinajstić information content (AvgIpc) is 3.19. The zero-order valence-electron chi connectivity index (χ0n) is 16.5. The van der Waals surface area contributed by atoms with Crippen molar-refractivity contribution < 1.29 is 29.9 Å². The number of methoxy groups -OCH3 is 1. The number of aromatic hydroxyl groups is 1. The molecule has 3 aromatic rings. The Balaban J connectivity index is 1.77. The highest BCUT2D eigenvalue weighted by atomic mass is 32.1. The molecule has 6 nitrogen and oxygen atoms in total. The van der Waals surface area contributed by atoms with Gasteiger partial charge in [0.1, 0.15) is 23.7 Å². The summed E-state index contributed by atoms with van der Waals surface area (Å²) >= 11 is 1.60. The van der Waals surface area contributed by atoms with Crippen LogP contribution in [0.2, 0.25) is 0 Å². The molecule has 1 saturated heterocycles. The molecule has 1 aliphatic rings. The van der Waals surface area contributed by atoms with E-state index in [0.29, 0.717) is 22.4 Å². The number of rotatable bonds is 5. The number of phenolic OH excluding ortho intramolecular Hbond substituents is 1. The first-order valence-electron chi connectivity index (χ1n) is 9.64. The van der Waals surface area contributed by atoms with Crippen LogP contribution in [0.5, 0.6) is 11.5 Å². The maximum absolute atomic E-state index is 10.6. The number of ether oxygens (including phenoxy) is 2. The number of fused-ring (bicyclic) bond motifs is 1. The molecule has 0 aliphatic carbocycles. The molecule has 2 heterocycles. The number of phenols is 1. The Labute approximate surface area is 178 Å². The number of hydrogen-bond acceptors (Lipinski definition) is 7. The van der Waals surface area contributed by atoms with E-state index in [-0.39, 0.29) is 18.8 Å². The van der Waals surface area contributed by atoms with Crippen LogP contribution >= 0.6 is 11.3 Å².